The maximum atomic E-state index is 6.25. The second-order valence-corrected chi connectivity index (χ2v) is 7.60. The van der Waals surface area contributed by atoms with Gasteiger partial charge in [0.25, 0.3) is 0 Å². The number of aryl methyl sites for hydroxylation is 1. The molecule has 2 aliphatic heterocycles. The van der Waals surface area contributed by atoms with E-state index >= 15 is 0 Å². The Bertz CT molecular complexity index is 543. The fourth-order valence-electron chi connectivity index (χ4n) is 3.18. The second-order valence-electron chi connectivity index (χ2n) is 6.37. The smallest absolute Gasteiger partial charge is 0.191 e. The van der Waals surface area contributed by atoms with Crippen LogP contribution in [0.1, 0.15) is 17.2 Å². The summed E-state index contributed by atoms with van der Waals surface area (Å²) < 4.78 is 5.51. The lowest BCUT2D eigenvalue weighted by molar-refractivity contribution is 0.0179. The third kappa shape index (κ3) is 6.01. The Hall–Kier alpha value is -0.510. The average molecular weight is 476 g/mol. The van der Waals surface area contributed by atoms with E-state index in [1.165, 1.54) is 11.1 Å². The molecule has 1 aromatic carbocycles. The van der Waals surface area contributed by atoms with Crippen molar-refractivity contribution in [3.8, 4) is 0 Å². The summed E-state index contributed by atoms with van der Waals surface area (Å²) >= 11 is 1.99. The molecule has 1 unspecified atom stereocenters. The van der Waals surface area contributed by atoms with Crippen molar-refractivity contribution >= 4 is 41.7 Å². The van der Waals surface area contributed by atoms with E-state index in [9.17, 15) is 0 Å². The molecule has 5 nitrogen and oxygen atoms in total. The van der Waals surface area contributed by atoms with E-state index < -0.39 is 0 Å². The van der Waals surface area contributed by atoms with Crippen LogP contribution in [0, 0.1) is 6.92 Å². The van der Waals surface area contributed by atoms with Crippen LogP contribution in [0.5, 0.6) is 0 Å². The molecule has 140 valence electrons. The molecule has 2 heterocycles. The number of guanidine groups is 1. The average Bonchev–Trinajstić information content (AvgIpc) is 2.65. The van der Waals surface area contributed by atoms with Crippen molar-refractivity contribution in [2.45, 2.75) is 13.0 Å². The first-order chi connectivity index (χ1) is 11.7. The number of ether oxygens (including phenoxy) is 1. The number of morpholine rings is 1. The number of aliphatic imine (C=N–C) groups is 1. The van der Waals surface area contributed by atoms with Gasteiger partial charge in [-0.05, 0) is 12.5 Å². The first kappa shape index (κ1) is 20.8. The molecule has 0 bridgehead atoms. The van der Waals surface area contributed by atoms with Crippen molar-refractivity contribution in [3.05, 3.63) is 35.4 Å². The number of nitrogens with zero attached hydrogens (tertiary/aromatic N) is 3. The van der Waals surface area contributed by atoms with Gasteiger partial charge in [0.15, 0.2) is 5.96 Å². The number of rotatable bonds is 4. The maximum Gasteiger partial charge on any atom is 0.191 e. The monoisotopic (exact) mass is 476 g/mol. The SMILES string of the molecule is Cc1ccc(C(CN=C(N)N2CCSCC2)N2CCOCC2)cc1.I. The summed E-state index contributed by atoms with van der Waals surface area (Å²) in [5, 5.41) is 0. The summed E-state index contributed by atoms with van der Waals surface area (Å²) in [6.07, 6.45) is 0. The first-order valence-electron chi connectivity index (χ1n) is 8.75. The van der Waals surface area contributed by atoms with Gasteiger partial charge in [-0.25, -0.2) is 0 Å². The highest BCUT2D eigenvalue weighted by Crippen LogP contribution is 2.23. The molecule has 0 saturated carbocycles. The highest BCUT2D eigenvalue weighted by molar-refractivity contribution is 14.0. The molecule has 3 rings (SSSR count). The summed E-state index contributed by atoms with van der Waals surface area (Å²) in [6, 6.07) is 9.07. The molecule has 2 fully saturated rings. The van der Waals surface area contributed by atoms with Gasteiger partial charge in [0.2, 0.25) is 0 Å². The van der Waals surface area contributed by atoms with Crippen LogP contribution in [0.2, 0.25) is 0 Å². The fourth-order valence-corrected chi connectivity index (χ4v) is 4.08. The van der Waals surface area contributed by atoms with Gasteiger partial charge in [-0.1, -0.05) is 29.8 Å². The molecule has 7 heteroatoms. The van der Waals surface area contributed by atoms with Crippen LogP contribution < -0.4 is 5.73 Å². The molecule has 2 saturated heterocycles. The van der Waals surface area contributed by atoms with E-state index in [0.717, 1.165) is 50.9 Å². The topological polar surface area (TPSA) is 54.1 Å². The van der Waals surface area contributed by atoms with E-state index in [1.807, 2.05) is 11.8 Å². The fraction of sp³-hybridized carbons (Fsp3) is 0.611. The third-order valence-corrected chi connectivity index (χ3v) is 5.65. The van der Waals surface area contributed by atoms with Gasteiger partial charge in [-0.2, -0.15) is 11.8 Å². The third-order valence-electron chi connectivity index (χ3n) is 4.71. The Kier molecular flexibility index (Phi) is 8.81. The van der Waals surface area contributed by atoms with Gasteiger partial charge in [0.05, 0.1) is 25.8 Å². The largest absolute Gasteiger partial charge is 0.379 e. The van der Waals surface area contributed by atoms with Crippen molar-refractivity contribution < 1.29 is 4.74 Å². The second kappa shape index (κ2) is 10.6. The standard InChI is InChI=1S/C18H28N4OS.HI/c1-15-2-4-16(5-3-15)17(21-6-10-23-11-7-21)14-20-18(19)22-8-12-24-13-9-22;/h2-5,17H,6-14H2,1H3,(H2,19,20);1H. The molecule has 1 atom stereocenters. The molecule has 0 aromatic heterocycles. The Morgan fingerprint density at radius 2 is 1.80 bits per heavy atom. The summed E-state index contributed by atoms with van der Waals surface area (Å²) in [5.74, 6) is 2.97. The lowest BCUT2D eigenvalue weighted by atomic mass is 10.0. The molecule has 2 N–H and O–H groups in total. The van der Waals surface area contributed by atoms with Crippen molar-refractivity contribution in [3.63, 3.8) is 0 Å². The van der Waals surface area contributed by atoms with E-state index in [2.05, 4.69) is 41.0 Å². The molecule has 1 aromatic rings. The van der Waals surface area contributed by atoms with E-state index in [-0.39, 0.29) is 30.0 Å². The Morgan fingerprint density at radius 1 is 1.16 bits per heavy atom. The van der Waals surface area contributed by atoms with E-state index in [1.54, 1.807) is 0 Å². The van der Waals surface area contributed by atoms with Crippen LogP contribution in [0.25, 0.3) is 0 Å². The highest BCUT2D eigenvalue weighted by Gasteiger charge is 2.23. The number of halogens is 1. The lowest BCUT2D eigenvalue weighted by Gasteiger charge is -2.34. The number of benzene rings is 1. The van der Waals surface area contributed by atoms with Crippen LogP contribution in [-0.4, -0.2) is 73.2 Å². The minimum Gasteiger partial charge on any atom is -0.379 e. The van der Waals surface area contributed by atoms with Crippen molar-refractivity contribution in [1.29, 1.82) is 0 Å². The molecule has 0 spiro atoms. The zero-order chi connectivity index (χ0) is 16.8. The van der Waals surface area contributed by atoms with Crippen molar-refractivity contribution in [2.24, 2.45) is 10.7 Å². The van der Waals surface area contributed by atoms with Gasteiger partial charge >= 0.3 is 0 Å². The van der Waals surface area contributed by atoms with Crippen LogP contribution in [0.4, 0.5) is 0 Å². The summed E-state index contributed by atoms with van der Waals surface area (Å²) in [4.78, 5) is 9.43. The van der Waals surface area contributed by atoms with Gasteiger partial charge in [-0.15, -0.1) is 24.0 Å². The molecule has 0 amide bonds. The Labute approximate surface area is 172 Å². The van der Waals surface area contributed by atoms with Gasteiger partial charge < -0.3 is 15.4 Å². The molecule has 2 aliphatic rings. The van der Waals surface area contributed by atoms with E-state index in [0.29, 0.717) is 12.5 Å². The zero-order valence-electron chi connectivity index (χ0n) is 14.9. The van der Waals surface area contributed by atoms with Crippen LogP contribution in [0.3, 0.4) is 0 Å². The molecular formula is C18H29IN4OS. The highest BCUT2D eigenvalue weighted by atomic mass is 127. The van der Waals surface area contributed by atoms with Crippen molar-refractivity contribution in [2.75, 3.05) is 57.4 Å². The zero-order valence-corrected chi connectivity index (χ0v) is 18.0. The Morgan fingerprint density at radius 3 is 2.44 bits per heavy atom. The van der Waals surface area contributed by atoms with Gasteiger partial charge in [0.1, 0.15) is 0 Å². The van der Waals surface area contributed by atoms with Crippen LogP contribution in [0.15, 0.2) is 29.3 Å². The summed E-state index contributed by atoms with van der Waals surface area (Å²) in [6.45, 7) is 8.34. The quantitative estimate of drug-likeness (QED) is 0.411. The van der Waals surface area contributed by atoms with Crippen LogP contribution >= 0.6 is 35.7 Å². The minimum atomic E-state index is 0. The van der Waals surface area contributed by atoms with Gasteiger partial charge in [-0.3, -0.25) is 9.89 Å². The van der Waals surface area contributed by atoms with Gasteiger partial charge in [0, 0.05) is 37.7 Å². The maximum absolute atomic E-state index is 6.25. The Balaban J connectivity index is 0.00000225. The lowest BCUT2D eigenvalue weighted by Crippen LogP contribution is -2.44. The summed E-state index contributed by atoms with van der Waals surface area (Å²) in [5.41, 5.74) is 8.85. The summed E-state index contributed by atoms with van der Waals surface area (Å²) in [7, 11) is 0. The first-order valence-corrected chi connectivity index (χ1v) is 9.90. The predicted octanol–water partition coefficient (Wildman–Crippen LogP) is 2.35. The van der Waals surface area contributed by atoms with E-state index in [4.69, 9.17) is 15.5 Å². The number of hydrogen-bond donors (Lipinski definition) is 1. The molecule has 0 aliphatic carbocycles. The molecular weight excluding hydrogens is 447 g/mol. The number of nitrogens with two attached hydrogens (primary N) is 1. The molecule has 0 radical (unpaired) electrons. The number of hydrogen-bond acceptors (Lipinski definition) is 4. The minimum absolute atomic E-state index is 0. The van der Waals surface area contributed by atoms with Crippen molar-refractivity contribution in [1.82, 2.24) is 9.80 Å². The van der Waals surface area contributed by atoms with Crippen LogP contribution in [-0.2, 0) is 4.74 Å². The normalized spacial score (nSPS) is 20.8. The number of thioether (sulfide) groups is 1. The predicted molar refractivity (Wildman–Crippen MR) is 117 cm³/mol. The molecule has 25 heavy (non-hydrogen) atoms.